The van der Waals surface area contributed by atoms with Crippen LogP contribution in [0.3, 0.4) is 0 Å². The number of fused-ring (bicyclic) bond motifs is 4. The monoisotopic (exact) mass is 527 g/mol. The van der Waals surface area contributed by atoms with Crippen molar-refractivity contribution in [2.75, 3.05) is 33.3 Å². The van der Waals surface area contributed by atoms with Crippen LogP contribution in [0.25, 0.3) is 10.9 Å². The van der Waals surface area contributed by atoms with Gasteiger partial charge in [-0.15, -0.1) is 0 Å². The number of rotatable bonds is 6. The number of hydrogen-bond donors (Lipinski definition) is 2. The van der Waals surface area contributed by atoms with E-state index in [1.165, 1.54) is 0 Å². The van der Waals surface area contributed by atoms with E-state index >= 15 is 0 Å². The van der Waals surface area contributed by atoms with Crippen LogP contribution in [0, 0.1) is 11.3 Å². The summed E-state index contributed by atoms with van der Waals surface area (Å²) in [4.78, 5) is 35.4. The Bertz CT molecular complexity index is 1440. The van der Waals surface area contributed by atoms with E-state index in [0.717, 1.165) is 65.9 Å². The number of amides is 2. The number of imide groups is 1. The van der Waals surface area contributed by atoms with Gasteiger partial charge in [0.1, 0.15) is 11.5 Å². The van der Waals surface area contributed by atoms with Gasteiger partial charge < -0.3 is 14.8 Å². The maximum absolute atomic E-state index is 14.4. The van der Waals surface area contributed by atoms with E-state index in [0.29, 0.717) is 25.8 Å². The molecule has 1 fully saturated rings. The molecule has 6 rings (SSSR count). The number of aromatic nitrogens is 1. The number of phenols is 1. The number of benzene rings is 2. The van der Waals surface area contributed by atoms with Gasteiger partial charge in [-0.3, -0.25) is 19.4 Å². The molecule has 2 amide bonds. The molecule has 3 aliphatic rings. The van der Waals surface area contributed by atoms with Crippen molar-refractivity contribution >= 4 is 22.7 Å². The minimum atomic E-state index is -0.763. The van der Waals surface area contributed by atoms with Crippen LogP contribution in [0.5, 0.6) is 11.5 Å². The lowest BCUT2D eigenvalue weighted by atomic mass is 9.59. The smallest absolute Gasteiger partial charge is 0.235 e. The zero-order valence-corrected chi connectivity index (χ0v) is 22.8. The molecule has 204 valence electrons. The number of H-pyrrole nitrogens is 1. The molecule has 7 heteroatoms. The minimum Gasteiger partial charge on any atom is -0.508 e. The summed E-state index contributed by atoms with van der Waals surface area (Å²) >= 11 is 0. The average molecular weight is 528 g/mol. The SMILES string of the molecule is COc1ccc2[nH]c3c(c2c1)C[C@@]1(C)C(=O)N(CCCN2CC=CCC2)C(=O)CCC1[C@@H]3c1cccc(O)c1. The number of carbonyl (C=O) groups is 2. The molecule has 0 bridgehead atoms. The molecule has 3 heterocycles. The number of carbonyl (C=O) groups excluding carboxylic acids is 2. The molecule has 0 saturated carbocycles. The Kier molecular flexibility index (Phi) is 6.71. The molecule has 1 aromatic heterocycles. The summed E-state index contributed by atoms with van der Waals surface area (Å²) in [5.41, 5.74) is 3.36. The van der Waals surface area contributed by atoms with E-state index in [-0.39, 0.29) is 29.4 Å². The Labute approximate surface area is 229 Å². The van der Waals surface area contributed by atoms with Crippen molar-refractivity contribution in [2.24, 2.45) is 11.3 Å². The van der Waals surface area contributed by atoms with Gasteiger partial charge in [0.15, 0.2) is 0 Å². The molecular weight excluding hydrogens is 490 g/mol. The molecule has 7 nitrogen and oxygen atoms in total. The number of nitrogens with one attached hydrogen (secondary N) is 1. The number of phenolic OH excluding ortho intramolecular Hbond substituents is 1. The summed E-state index contributed by atoms with van der Waals surface area (Å²) in [6.45, 7) is 5.33. The zero-order chi connectivity index (χ0) is 27.1. The van der Waals surface area contributed by atoms with E-state index in [4.69, 9.17) is 4.74 Å². The molecule has 39 heavy (non-hydrogen) atoms. The summed E-state index contributed by atoms with van der Waals surface area (Å²) < 4.78 is 5.53. The van der Waals surface area contributed by atoms with E-state index in [1.54, 1.807) is 24.1 Å². The van der Waals surface area contributed by atoms with Gasteiger partial charge in [0.2, 0.25) is 11.8 Å². The normalized spacial score (nSPS) is 25.4. The van der Waals surface area contributed by atoms with Gasteiger partial charge in [-0.05, 0) is 73.1 Å². The molecule has 0 radical (unpaired) electrons. The zero-order valence-electron chi connectivity index (χ0n) is 22.8. The van der Waals surface area contributed by atoms with E-state index < -0.39 is 5.41 Å². The largest absolute Gasteiger partial charge is 0.508 e. The summed E-state index contributed by atoms with van der Waals surface area (Å²) in [5.74, 6) is 0.587. The summed E-state index contributed by atoms with van der Waals surface area (Å²) in [7, 11) is 1.66. The fraction of sp³-hybridized carbons (Fsp3) is 0.438. The molecule has 2 aliphatic heterocycles. The van der Waals surface area contributed by atoms with Crippen LogP contribution < -0.4 is 4.74 Å². The lowest BCUT2D eigenvalue weighted by Crippen LogP contribution is -2.51. The van der Waals surface area contributed by atoms with Crippen LogP contribution in [0.15, 0.2) is 54.6 Å². The topological polar surface area (TPSA) is 85.9 Å². The number of aromatic hydroxyl groups is 1. The summed E-state index contributed by atoms with van der Waals surface area (Å²) in [5, 5.41) is 11.4. The highest BCUT2D eigenvalue weighted by atomic mass is 16.5. The van der Waals surface area contributed by atoms with Crippen LogP contribution in [0.4, 0.5) is 0 Å². The number of likely N-dealkylation sites (tertiary alicyclic amines) is 1. The molecule has 1 unspecified atom stereocenters. The summed E-state index contributed by atoms with van der Waals surface area (Å²) in [6, 6.07) is 13.3. The van der Waals surface area contributed by atoms with Gasteiger partial charge in [0.05, 0.1) is 12.5 Å². The molecule has 0 spiro atoms. The van der Waals surface area contributed by atoms with E-state index in [1.807, 2.05) is 30.3 Å². The first-order chi connectivity index (χ1) is 18.9. The van der Waals surface area contributed by atoms with Crippen LogP contribution in [0.2, 0.25) is 0 Å². The predicted octanol–water partition coefficient (Wildman–Crippen LogP) is 4.99. The van der Waals surface area contributed by atoms with Crippen molar-refractivity contribution < 1.29 is 19.4 Å². The number of ether oxygens (including phenoxy) is 1. The number of hydrogen-bond acceptors (Lipinski definition) is 5. The third-order valence-electron chi connectivity index (χ3n) is 9.15. The fourth-order valence-electron chi connectivity index (χ4n) is 7.14. The van der Waals surface area contributed by atoms with Crippen molar-refractivity contribution in [3.05, 3.63) is 71.4 Å². The quantitative estimate of drug-likeness (QED) is 0.348. The maximum Gasteiger partial charge on any atom is 0.235 e. The van der Waals surface area contributed by atoms with Gasteiger partial charge in [-0.25, -0.2) is 0 Å². The number of aromatic amines is 1. The van der Waals surface area contributed by atoms with Crippen molar-refractivity contribution in [1.82, 2.24) is 14.8 Å². The molecule has 2 aromatic carbocycles. The number of nitrogens with zero attached hydrogens (tertiary/aromatic N) is 2. The second-order valence-corrected chi connectivity index (χ2v) is 11.5. The van der Waals surface area contributed by atoms with Gasteiger partial charge in [0, 0.05) is 55.1 Å². The Morgan fingerprint density at radius 2 is 2.00 bits per heavy atom. The minimum absolute atomic E-state index is 0.0680. The highest BCUT2D eigenvalue weighted by Gasteiger charge is 2.54. The van der Waals surface area contributed by atoms with Gasteiger partial charge in [-0.1, -0.05) is 31.2 Å². The van der Waals surface area contributed by atoms with E-state index in [2.05, 4.69) is 29.0 Å². The second kappa shape index (κ2) is 10.2. The first-order valence-corrected chi connectivity index (χ1v) is 14.1. The van der Waals surface area contributed by atoms with Crippen molar-refractivity contribution in [1.29, 1.82) is 0 Å². The fourth-order valence-corrected chi connectivity index (χ4v) is 7.14. The summed E-state index contributed by atoms with van der Waals surface area (Å²) in [6.07, 6.45) is 7.74. The van der Waals surface area contributed by atoms with E-state index in [9.17, 15) is 14.7 Å². The second-order valence-electron chi connectivity index (χ2n) is 11.5. The van der Waals surface area contributed by atoms with Crippen LogP contribution in [0.1, 0.15) is 55.3 Å². The molecule has 3 aromatic rings. The van der Waals surface area contributed by atoms with Gasteiger partial charge in [0.25, 0.3) is 0 Å². The Balaban J connectivity index is 1.40. The average Bonchev–Trinajstić information content (AvgIpc) is 3.26. The highest BCUT2D eigenvalue weighted by molar-refractivity contribution is 6.00. The van der Waals surface area contributed by atoms with Gasteiger partial charge in [-0.2, -0.15) is 0 Å². The van der Waals surface area contributed by atoms with Crippen molar-refractivity contribution in [3.8, 4) is 11.5 Å². The molecule has 1 aliphatic carbocycles. The van der Waals surface area contributed by atoms with Crippen LogP contribution in [-0.2, 0) is 16.0 Å². The highest BCUT2D eigenvalue weighted by Crippen LogP contribution is 2.55. The third-order valence-corrected chi connectivity index (χ3v) is 9.15. The van der Waals surface area contributed by atoms with Crippen LogP contribution >= 0.6 is 0 Å². The molecule has 3 atom stereocenters. The lowest BCUT2D eigenvalue weighted by molar-refractivity contribution is -0.151. The number of methoxy groups -OCH3 is 1. The van der Waals surface area contributed by atoms with Crippen LogP contribution in [-0.4, -0.2) is 65.0 Å². The first kappa shape index (κ1) is 25.7. The third kappa shape index (κ3) is 4.52. The van der Waals surface area contributed by atoms with Gasteiger partial charge >= 0.3 is 0 Å². The maximum atomic E-state index is 14.4. The van der Waals surface area contributed by atoms with Crippen molar-refractivity contribution in [3.63, 3.8) is 0 Å². The Morgan fingerprint density at radius 3 is 2.77 bits per heavy atom. The molecule has 2 N–H and O–H groups in total. The predicted molar refractivity (Wildman–Crippen MR) is 151 cm³/mol. The standard InChI is InChI=1S/C32H37N3O4/c1-32-20-25-24-19-23(39-2)10-12-27(24)33-30(25)29(21-8-6-9-22(36)18-21)26(32)11-13-28(37)35(31(32)38)17-7-16-34-14-4-3-5-15-34/h3-4,6,8-10,12,18-19,26,29,33,36H,5,7,11,13-17,20H2,1-2H3/t26?,29-,32+/m0/s1. The van der Waals surface area contributed by atoms with Crippen molar-refractivity contribution in [2.45, 2.75) is 44.9 Å². The molecular formula is C32H37N3O4. The first-order valence-electron chi connectivity index (χ1n) is 14.1. The lowest BCUT2D eigenvalue weighted by Gasteiger charge is -2.45. The Morgan fingerprint density at radius 1 is 1.13 bits per heavy atom. The Hall–Kier alpha value is -3.58. The molecule has 1 saturated heterocycles.